The van der Waals surface area contributed by atoms with Gasteiger partial charge in [0.25, 0.3) is 0 Å². The topological polar surface area (TPSA) is 197 Å². The third kappa shape index (κ3) is 7.52. The van der Waals surface area contributed by atoms with Gasteiger partial charge in [0.05, 0.1) is 12.4 Å². The monoisotopic (exact) mass is 479 g/mol. The molecule has 1 aliphatic heterocycles. The predicted molar refractivity (Wildman–Crippen MR) is 124 cm³/mol. The van der Waals surface area contributed by atoms with Gasteiger partial charge in [-0.3, -0.25) is 14.4 Å². The average molecular weight is 480 g/mol. The number of nitrogens with one attached hydrogen (secondary N) is 3. The number of aliphatic carboxylic acids is 1. The van der Waals surface area contributed by atoms with Gasteiger partial charge in [0.1, 0.15) is 18.1 Å². The number of carbonyl (C=O) groups is 4. The number of hydrogen-bond acceptors (Lipinski definition) is 7. The van der Waals surface area contributed by atoms with E-state index in [4.69, 9.17) is 11.5 Å². The number of H-pyrrole nitrogens is 1. The molecule has 0 bridgehead atoms. The molecule has 4 atom stereocenters. The number of aromatic nitrogens is 2. The Kier molecular flexibility index (Phi) is 10.5. The van der Waals surface area contributed by atoms with Gasteiger partial charge < -0.3 is 37.1 Å². The fourth-order valence-corrected chi connectivity index (χ4v) is 3.91. The lowest BCUT2D eigenvalue weighted by Crippen LogP contribution is -2.57. The van der Waals surface area contributed by atoms with E-state index in [1.54, 1.807) is 0 Å². The second kappa shape index (κ2) is 13.0. The first-order valence-corrected chi connectivity index (χ1v) is 11.7. The molecule has 0 aromatic carbocycles. The van der Waals surface area contributed by atoms with Crippen LogP contribution >= 0.6 is 0 Å². The number of carboxylic acids is 1. The second-order valence-corrected chi connectivity index (χ2v) is 8.99. The number of rotatable bonds is 13. The van der Waals surface area contributed by atoms with Crippen molar-refractivity contribution in [1.82, 2.24) is 25.5 Å². The summed E-state index contributed by atoms with van der Waals surface area (Å²) in [5.41, 5.74) is 12.1. The number of unbranched alkanes of at least 4 members (excludes halogenated alkanes) is 1. The lowest BCUT2D eigenvalue weighted by molar-refractivity contribution is -0.145. The Morgan fingerprint density at radius 2 is 1.97 bits per heavy atom. The minimum atomic E-state index is -1.19. The summed E-state index contributed by atoms with van der Waals surface area (Å²) >= 11 is 0. The Bertz CT molecular complexity index is 830. The van der Waals surface area contributed by atoms with Crippen molar-refractivity contribution in [3.63, 3.8) is 0 Å². The average Bonchev–Trinajstić information content (AvgIpc) is 3.48. The zero-order valence-corrected chi connectivity index (χ0v) is 19.8. The summed E-state index contributed by atoms with van der Waals surface area (Å²) in [6.45, 7) is 4.44. The number of hydrogen-bond donors (Lipinski definition) is 6. The quantitative estimate of drug-likeness (QED) is 0.196. The maximum absolute atomic E-state index is 13.4. The van der Waals surface area contributed by atoms with Crippen LogP contribution in [0, 0.1) is 5.92 Å². The van der Waals surface area contributed by atoms with Crippen molar-refractivity contribution in [2.24, 2.45) is 17.4 Å². The zero-order valence-electron chi connectivity index (χ0n) is 19.8. The highest BCUT2D eigenvalue weighted by molar-refractivity contribution is 5.94. The molecule has 1 aliphatic rings. The van der Waals surface area contributed by atoms with Gasteiger partial charge in [-0.1, -0.05) is 13.8 Å². The molecule has 12 nitrogen and oxygen atoms in total. The van der Waals surface area contributed by atoms with Gasteiger partial charge in [-0.25, -0.2) is 9.78 Å². The molecular formula is C22H37N7O5. The summed E-state index contributed by atoms with van der Waals surface area (Å²) in [5.74, 6) is -2.63. The summed E-state index contributed by atoms with van der Waals surface area (Å²) < 4.78 is 0. The van der Waals surface area contributed by atoms with Crippen LogP contribution in [-0.4, -0.2) is 80.9 Å². The molecule has 12 heteroatoms. The Hall–Kier alpha value is -2.99. The first-order chi connectivity index (χ1) is 16.1. The largest absolute Gasteiger partial charge is 0.480 e. The van der Waals surface area contributed by atoms with E-state index in [1.165, 1.54) is 17.4 Å². The standard InChI is InChI=1S/C22H37N7O5/c1-13(2)18(24)20(31)27-15(6-3-4-8-23)21(32)29-9-5-7-17(29)19(30)28-16(22(33)34)10-14-11-25-12-26-14/h11-13,15-18H,3-10,23-24H2,1-2H3,(H,25,26)(H,27,31)(H,28,30)(H,33,34). The van der Waals surface area contributed by atoms with Crippen LogP contribution in [0.5, 0.6) is 0 Å². The normalized spacial score (nSPS) is 18.4. The molecule has 34 heavy (non-hydrogen) atoms. The molecule has 1 aromatic rings. The van der Waals surface area contributed by atoms with Gasteiger partial charge in [0.2, 0.25) is 17.7 Å². The minimum absolute atomic E-state index is 0.0343. The number of carboxylic acid groups (broad SMARTS) is 1. The molecule has 3 amide bonds. The van der Waals surface area contributed by atoms with Gasteiger partial charge in [-0.15, -0.1) is 0 Å². The van der Waals surface area contributed by atoms with Gasteiger partial charge in [-0.2, -0.15) is 0 Å². The van der Waals surface area contributed by atoms with Gasteiger partial charge >= 0.3 is 5.97 Å². The van der Waals surface area contributed by atoms with Gasteiger partial charge in [-0.05, 0) is 44.6 Å². The van der Waals surface area contributed by atoms with Crippen molar-refractivity contribution in [1.29, 1.82) is 0 Å². The molecule has 1 fully saturated rings. The highest BCUT2D eigenvalue weighted by Crippen LogP contribution is 2.20. The maximum atomic E-state index is 13.4. The van der Waals surface area contributed by atoms with Crippen LogP contribution in [0.25, 0.3) is 0 Å². The van der Waals surface area contributed by atoms with Crippen molar-refractivity contribution in [2.45, 2.75) is 76.5 Å². The number of nitrogens with two attached hydrogens (primary N) is 2. The molecule has 1 aromatic heterocycles. The van der Waals surface area contributed by atoms with Crippen LogP contribution in [0.15, 0.2) is 12.5 Å². The molecular weight excluding hydrogens is 442 g/mol. The van der Waals surface area contributed by atoms with Gasteiger partial charge in [0, 0.05) is 24.9 Å². The molecule has 2 heterocycles. The number of nitrogens with zero attached hydrogens (tertiary/aromatic N) is 2. The number of imidazole rings is 1. The Morgan fingerprint density at radius 1 is 1.24 bits per heavy atom. The highest BCUT2D eigenvalue weighted by atomic mass is 16.4. The molecule has 0 aliphatic carbocycles. The van der Waals surface area contributed by atoms with Crippen LogP contribution in [0.3, 0.4) is 0 Å². The Morgan fingerprint density at radius 3 is 2.56 bits per heavy atom. The second-order valence-electron chi connectivity index (χ2n) is 8.99. The van der Waals surface area contributed by atoms with E-state index in [1.807, 2.05) is 13.8 Å². The van der Waals surface area contributed by atoms with E-state index in [2.05, 4.69) is 20.6 Å². The summed E-state index contributed by atoms with van der Waals surface area (Å²) in [6, 6.07) is -3.59. The smallest absolute Gasteiger partial charge is 0.326 e. The molecule has 0 saturated carbocycles. The molecule has 1 saturated heterocycles. The number of likely N-dealkylation sites (tertiary alicyclic amines) is 1. The third-order valence-electron chi connectivity index (χ3n) is 6.01. The van der Waals surface area contributed by atoms with Crippen molar-refractivity contribution < 1.29 is 24.3 Å². The Balaban J connectivity index is 2.11. The first-order valence-electron chi connectivity index (χ1n) is 11.7. The van der Waals surface area contributed by atoms with Crippen LogP contribution in [0.2, 0.25) is 0 Å². The van der Waals surface area contributed by atoms with Crippen LogP contribution in [0.4, 0.5) is 0 Å². The summed E-state index contributed by atoms with van der Waals surface area (Å²) in [5, 5.41) is 14.8. The molecule has 0 radical (unpaired) electrons. The molecule has 190 valence electrons. The van der Waals surface area contributed by atoms with Crippen LogP contribution in [0.1, 0.15) is 51.6 Å². The highest BCUT2D eigenvalue weighted by Gasteiger charge is 2.39. The molecule has 4 unspecified atom stereocenters. The summed E-state index contributed by atoms with van der Waals surface area (Å²) in [4.78, 5) is 58.7. The lowest BCUT2D eigenvalue weighted by Gasteiger charge is -2.30. The van der Waals surface area contributed by atoms with E-state index in [0.717, 1.165) is 0 Å². The van der Waals surface area contributed by atoms with E-state index in [9.17, 15) is 24.3 Å². The van der Waals surface area contributed by atoms with Gasteiger partial charge in [0.15, 0.2) is 0 Å². The Labute approximate surface area is 199 Å². The molecule has 8 N–H and O–H groups in total. The first kappa shape index (κ1) is 27.3. The minimum Gasteiger partial charge on any atom is -0.480 e. The van der Waals surface area contributed by atoms with E-state index >= 15 is 0 Å². The molecule has 2 rings (SSSR count). The third-order valence-corrected chi connectivity index (χ3v) is 6.01. The van der Waals surface area contributed by atoms with Crippen LogP contribution in [-0.2, 0) is 25.6 Å². The molecule has 0 spiro atoms. The van der Waals surface area contributed by atoms with Crippen molar-refractivity contribution in [3.8, 4) is 0 Å². The van der Waals surface area contributed by atoms with Crippen molar-refractivity contribution in [3.05, 3.63) is 18.2 Å². The van der Waals surface area contributed by atoms with E-state index in [-0.39, 0.29) is 18.2 Å². The maximum Gasteiger partial charge on any atom is 0.326 e. The fourth-order valence-electron chi connectivity index (χ4n) is 3.91. The predicted octanol–water partition coefficient (Wildman–Crippen LogP) is -0.890. The van der Waals surface area contributed by atoms with Crippen molar-refractivity contribution in [2.75, 3.05) is 13.1 Å². The fraction of sp³-hybridized carbons (Fsp3) is 0.682. The van der Waals surface area contributed by atoms with Crippen molar-refractivity contribution >= 4 is 23.7 Å². The number of amides is 3. The van der Waals surface area contributed by atoms with E-state index in [0.29, 0.717) is 50.9 Å². The summed E-state index contributed by atoms with van der Waals surface area (Å²) in [6.07, 6.45) is 5.64. The SMILES string of the molecule is CC(C)C(N)C(=O)NC(CCCCN)C(=O)N1CCCC1C(=O)NC(Cc1cnc[nH]1)C(=O)O. The number of aromatic amines is 1. The summed E-state index contributed by atoms with van der Waals surface area (Å²) in [7, 11) is 0. The number of carbonyl (C=O) groups excluding carboxylic acids is 3. The van der Waals surface area contributed by atoms with E-state index < -0.39 is 42.0 Å². The van der Waals surface area contributed by atoms with Crippen LogP contribution < -0.4 is 22.1 Å². The lowest BCUT2D eigenvalue weighted by atomic mass is 10.0. The zero-order chi connectivity index (χ0) is 25.3.